The Labute approximate surface area is 177 Å². The van der Waals surface area contributed by atoms with E-state index in [1.165, 1.54) is 25.2 Å². The van der Waals surface area contributed by atoms with Crippen molar-refractivity contribution < 1.29 is 23.9 Å². The molecule has 7 nitrogen and oxygen atoms in total. The highest BCUT2D eigenvalue weighted by atomic mass is 32.1. The normalized spacial score (nSPS) is 10.4. The SMILES string of the molecule is CC(=O)Oc1ccc(C)c(OC(C)=O)c1-c1ccsc1CNC(=O)c1ccccn1. The minimum absolute atomic E-state index is 0.232. The fourth-order valence-electron chi connectivity index (χ4n) is 2.89. The summed E-state index contributed by atoms with van der Waals surface area (Å²) in [5.41, 5.74) is 2.22. The second-order valence-electron chi connectivity index (χ2n) is 6.43. The minimum atomic E-state index is -0.492. The zero-order chi connectivity index (χ0) is 21.7. The van der Waals surface area contributed by atoms with Crippen molar-refractivity contribution in [3.8, 4) is 22.6 Å². The van der Waals surface area contributed by atoms with Crippen LogP contribution < -0.4 is 14.8 Å². The van der Waals surface area contributed by atoms with Gasteiger partial charge >= 0.3 is 11.9 Å². The van der Waals surface area contributed by atoms with Crippen molar-refractivity contribution >= 4 is 29.2 Å². The van der Waals surface area contributed by atoms with Crippen LogP contribution in [0.25, 0.3) is 11.1 Å². The molecule has 1 aromatic carbocycles. The lowest BCUT2D eigenvalue weighted by atomic mass is 10.0. The fraction of sp³-hybridized carbons (Fsp3) is 0.182. The zero-order valence-electron chi connectivity index (χ0n) is 16.7. The van der Waals surface area contributed by atoms with Gasteiger partial charge in [-0.3, -0.25) is 19.4 Å². The number of benzene rings is 1. The summed E-state index contributed by atoms with van der Waals surface area (Å²) >= 11 is 1.43. The predicted octanol–water partition coefficient (Wildman–Crippen LogP) is 3.90. The predicted molar refractivity (Wildman–Crippen MR) is 113 cm³/mol. The maximum Gasteiger partial charge on any atom is 0.308 e. The first kappa shape index (κ1) is 21.2. The van der Waals surface area contributed by atoms with Crippen molar-refractivity contribution in [3.63, 3.8) is 0 Å². The van der Waals surface area contributed by atoms with Crippen molar-refractivity contribution in [1.82, 2.24) is 10.3 Å². The topological polar surface area (TPSA) is 94.6 Å². The van der Waals surface area contributed by atoms with E-state index in [1.54, 1.807) is 43.5 Å². The fourth-order valence-corrected chi connectivity index (χ4v) is 3.71. The quantitative estimate of drug-likeness (QED) is 0.476. The Bertz CT molecular complexity index is 1090. The van der Waals surface area contributed by atoms with Gasteiger partial charge in [0, 0.05) is 30.5 Å². The molecule has 0 saturated heterocycles. The number of rotatable bonds is 6. The Morgan fingerprint density at radius 2 is 1.80 bits per heavy atom. The van der Waals surface area contributed by atoms with Gasteiger partial charge in [-0.25, -0.2) is 0 Å². The molecule has 154 valence electrons. The van der Waals surface area contributed by atoms with Crippen LogP contribution in [-0.2, 0) is 16.1 Å². The number of esters is 2. The number of aryl methyl sites for hydroxylation is 1. The Kier molecular flexibility index (Phi) is 6.58. The second kappa shape index (κ2) is 9.32. The number of hydrogen-bond donors (Lipinski definition) is 1. The van der Waals surface area contributed by atoms with E-state index < -0.39 is 11.9 Å². The Morgan fingerprint density at radius 1 is 1.03 bits per heavy atom. The molecule has 8 heteroatoms. The van der Waals surface area contributed by atoms with Crippen LogP contribution in [0, 0.1) is 6.92 Å². The molecule has 1 N–H and O–H groups in total. The molecular formula is C22H20N2O5S. The third-order valence-corrected chi connectivity index (χ3v) is 5.06. The average molecular weight is 424 g/mol. The van der Waals surface area contributed by atoms with E-state index >= 15 is 0 Å². The highest BCUT2D eigenvalue weighted by Crippen LogP contribution is 2.44. The lowest BCUT2D eigenvalue weighted by Gasteiger charge is -2.16. The van der Waals surface area contributed by atoms with Crippen molar-refractivity contribution in [1.29, 1.82) is 0 Å². The summed E-state index contributed by atoms with van der Waals surface area (Å²) in [6, 6.07) is 10.3. The number of carbonyl (C=O) groups excluding carboxylic acids is 3. The Morgan fingerprint density at radius 3 is 2.47 bits per heavy atom. The number of thiophene rings is 1. The third-order valence-electron chi connectivity index (χ3n) is 4.14. The number of pyridine rings is 1. The molecule has 0 fully saturated rings. The Hall–Kier alpha value is -3.52. The first-order valence-electron chi connectivity index (χ1n) is 9.13. The maximum atomic E-state index is 12.4. The molecular weight excluding hydrogens is 404 g/mol. The summed E-state index contributed by atoms with van der Waals surface area (Å²) in [7, 11) is 0. The highest BCUT2D eigenvalue weighted by Gasteiger charge is 2.22. The minimum Gasteiger partial charge on any atom is -0.426 e. The number of hydrogen-bond acceptors (Lipinski definition) is 7. The van der Waals surface area contributed by atoms with E-state index in [1.807, 2.05) is 11.4 Å². The van der Waals surface area contributed by atoms with E-state index in [0.29, 0.717) is 28.1 Å². The first-order valence-corrected chi connectivity index (χ1v) is 10.0. The van der Waals surface area contributed by atoms with Crippen molar-refractivity contribution in [2.75, 3.05) is 0 Å². The van der Waals surface area contributed by atoms with Gasteiger partial charge in [0.15, 0.2) is 0 Å². The summed E-state index contributed by atoms with van der Waals surface area (Å²) in [4.78, 5) is 40.5. The molecule has 0 bridgehead atoms. The standard InChI is InChI=1S/C22H20N2O5S/c1-13-7-8-18(28-14(2)25)20(21(13)29-15(3)26)16-9-11-30-19(16)12-24-22(27)17-6-4-5-10-23-17/h4-11H,12H2,1-3H3,(H,24,27). The van der Waals surface area contributed by atoms with Gasteiger partial charge in [0.1, 0.15) is 17.2 Å². The van der Waals surface area contributed by atoms with E-state index in [2.05, 4.69) is 10.3 Å². The van der Waals surface area contributed by atoms with Gasteiger partial charge in [0.25, 0.3) is 5.91 Å². The molecule has 2 heterocycles. The summed E-state index contributed by atoms with van der Waals surface area (Å²) in [5, 5.41) is 4.70. The van der Waals surface area contributed by atoms with E-state index in [0.717, 1.165) is 4.88 Å². The molecule has 3 rings (SSSR count). The van der Waals surface area contributed by atoms with Gasteiger partial charge in [-0.05, 0) is 42.1 Å². The molecule has 0 radical (unpaired) electrons. The van der Waals surface area contributed by atoms with Crippen LogP contribution in [0.15, 0.2) is 48.0 Å². The van der Waals surface area contributed by atoms with E-state index in [-0.39, 0.29) is 18.2 Å². The maximum absolute atomic E-state index is 12.4. The molecule has 0 saturated carbocycles. The lowest BCUT2D eigenvalue weighted by Crippen LogP contribution is -2.23. The summed E-state index contributed by atoms with van der Waals surface area (Å²) in [6.45, 7) is 4.64. The third kappa shape index (κ3) is 4.90. The van der Waals surface area contributed by atoms with Gasteiger partial charge < -0.3 is 14.8 Å². The summed E-state index contributed by atoms with van der Waals surface area (Å²) in [5.74, 6) is -0.690. The molecule has 0 atom stereocenters. The highest BCUT2D eigenvalue weighted by molar-refractivity contribution is 7.10. The number of carbonyl (C=O) groups is 3. The number of nitrogens with one attached hydrogen (secondary N) is 1. The molecule has 1 amide bonds. The largest absolute Gasteiger partial charge is 0.426 e. The van der Waals surface area contributed by atoms with Crippen LogP contribution in [0.2, 0.25) is 0 Å². The van der Waals surface area contributed by atoms with E-state index in [9.17, 15) is 14.4 Å². The molecule has 0 spiro atoms. The van der Waals surface area contributed by atoms with Crippen LogP contribution in [0.3, 0.4) is 0 Å². The van der Waals surface area contributed by atoms with Crippen LogP contribution in [0.1, 0.15) is 34.8 Å². The summed E-state index contributed by atoms with van der Waals surface area (Å²) < 4.78 is 10.8. The van der Waals surface area contributed by atoms with Gasteiger partial charge in [-0.2, -0.15) is 0 Å². The molecule has 30 heavy (non-hydrogen) atoms. The van der Waals surface area contributed by atoms with Gasteiger partial charge in [0.2, 0.25) is 0 Å². The van der Waals surface area contributed by atoms with Crippen LogP contribution in [0.4, 0.5) is 0 Å². The molecule has 0 aliphatic rings. The van der Waals surface area contributed by atoms with Crippen molar-refractivity contribution in [2.24, 2.45) is 0 Å². The van der Waals surface area contributed by atoms with Crippen LogP contribution in [0.5, 0.6) is 11.5 Å². The monoisotopic (exact) mass is 424 g/mol. The van der Waals surface area contributed by atoms with Gasteiger partial charge in [-0.1, -0.05) is 12.1 Å². The molecule has 0 aliphatic heterocycles. The lowest BCUT2D eigenvalue weighted by molar-refractivity contribution is -0.132. The Balaban J connectivity index is 1.98. The number of aromatic nitrogens is 1. The molecule has 2 aromatic heterocycles. The van der Waals surface area contributed by atoms with Gasteiger partial charge in [-0.15, -0.1) is 11.3 Å². The zero-order valence-corrected chi connectivity index (χ0v) is 17.5. The first-order chi connectivity index (χ1) is 14.4. The number of amides is 1. The smallest absolute Gasteiger partial charge is 0.308 e. The van der Waals surface area contributed by atoms with Crippen molar-refractivity contribution in [2.45, 2.75) is 27.3 Å². The molecule has 3 aromatic rings. The number of nitrogens with zero attached hydrogens (tertiary/aromatic N) is 1. The number of ether oxygens (including phenoxy) is 2. The average Bonchev–Trinajstić information content (AvgIpc) is 3.17. The molecule has 0 unspecified atom stereocenters. The molecule has 0 aliphatic carbocycles. The van der Waals surface area contributed by atoms with Crippen LogP contribution >= 0.6 is 11.3 Å². The summed E-state index contributed by atoms with van der Waals surface area (Å²) in [6.07, 6.45) is 1.55. The van der Waals surface area contributed by atoms with Crippen LogP contribution in [-0.4, -0.2) is 22.8 Å². The van der Waals surface area contributed by atoms with Crippen molar-refractivity contribution in [3.05, 3.63) is 64.1 Å². The van der Waals surface area contributed by atoms with E-state index in [4.69, 9.17) is 9.47 Å². The van der Waals surface area contributed by atoms with Gasteiger partial charge in [0.05, 0.1) is 12.1 Å². The second-order valence-corrected chi connectivity index (χ2v) is 7.43.